The summed E-state index contributed by atoms with van der Waals surface area (Å²) < 4.78 is 14.9. The Balaban J connectivity index is 1.35. The second kappa shape index (κ2) is 8.11. The van der Waals surface area contributed by atoms with Crippen LogP contribution in [-0.4, -0.2) is 27.1 Å². The van der Waals surface area contributed by atoms with E-state index in [2.05, 4.69) is 25.8 Å². The number of rotatable bonds is 3. The van der Waals surface area contributed by atoms with Gasteiger partial charge in [0.15, 0.2) is 0 Å². The highest BCUT2D eigenvalue weighted by Crippen LogP contribution is 2.37. The first-order chi connectivity index (χ1) is 15.4. The summed E-state index contributed by atoms with van der Waals surface area (Å²) in [6.07, 6.45) is 3.38. The number of aromatic nitrogens is 3. The van der Waals surface area contributed by atoms with Gasteiger partial charge in [0, 0.05) is 35.5 Å². The lowest BCUT2D eigenvalue weighted by molar-refractivity contribution is -0.121. The number of hydrogen-bond acceptors (Lipinski definition) is 5. The third-order valence-electron chi connectivity index (χ3n) is 6.14. The maximum absolute atomic E-state index is 14.9. The lowest BCUT2D eigenvalue weighted by Crippen LogP contribution is -2.49. The molecule has 0 radical (unpaired) electrons. The van der Waals surface area contributed by atoms with E-state index >= 15 is 0 Å². The van der Waals surface area contributed by atoms with Crippen molar-refractivity contribution in [2.45, 2.75) is 38.3 Å². The second-order valence-corrected chi connectivity index (χ2v) is 8.83. The molecule has 0 saturated carbocycles. The molecule has 2 aliphatic rings. The third kappa shape index (κ3) is 3.91. The fraction of sp³-hybridized carbons (Fsp3) is 0.304. The number of carbonyl (C=O) groups is 1. The van der Waals surface area contributed by atoms with Gasteiger partial charge in [0.1, 0.15) is 5.82 Å². The Bertz CT molecular complexity index is 1280. The van der Waals surface area contributed by atoms with E-state index < -0.39 is 5.82 Å². The summed E-state index contributed by atoms with van der Waals surface area (Å²) in [4.78, 5) is 28.7. The van der Waals surface area contributed by atoms with Gasteiger partial charge < -0.3 is 10.6 Å². The van der Waals surface area contributed by atoms with Crippen molar-refractivity contribution < 1.29 is 9.18 Å². The van der Waals surface area contributed by atoms with Crippen LogP contribution in [0.2, 0.25) is 5.02 Å². The van der Waals surface area contributed by atoms with E-state index in [0.29, 0.717) is 29.8 Å². The Labute approximate surface area is 188 Å². The number of benzene rings is 1. The van der Waals surface area contributed by atoms with Crippen LogP contribution >= 0.6 is 11.6 Å². The van der Waals surface area contributed by atoms with Gasteiger partial charge in [-0.15, -0.1) is 0 Å². The molecule has 2 aliphatic heterocycles. The molecule has 1 fully saturated rings. The first-order valence-electron chi connectivity index (χ1n) is 10.4. The molecule has 4 heterocycles. The number of aryl methyl sites for hydroxylation is 1. The summed E-state index contributed by atoms with van der Waals surface area (Å²) in [6, 6.07) is 7.88. The smallest absolute Gasteiger partial charge is 0.264 e. The predicted molar refractivity (Wildman–Crippen MR) is 119 cm³/mol. The second-order valence-electron chi connectivity index (χ2n) is 8.42. The Morgan fingerprint density at radius 2 is 2.09 bits per heavy atom. The highest BCUT2D eigenvalue weighted by Gasteiger charge is 2.38. The molecule has 1 aromatic carbocycles. The van der Waals surface area contributed by atoms with E-state index in [1.165, 1.54) is 12.1 Å². The molecule has 32 heavy (non-hydrogen) atoms. The minimum absolute atomic E-state index is 0.0566. The van der Waals surface area contributed by atoms with Crippen LogP contribution in [0.25, 0.3) is 11.1 Å². The van der Waals surface area contributed by atoms with Gasteiger partial charge in [-0.25, -0.2) is 9.49 Å². The molecule has 2 aromatic heterocycles. The lowest BCUT2D eigenvalue weighted by atomic mass is 9.79. The van der Waals surface area contributed by atoms with Crippen LogP contribution in [0, 0.1) is 18.7 Å². The fourth-order valence-corrected chi connectivity index (χ4v) is 4.96. The highest BCUT2D eigenvalue weighted by molar-refractivity contribution is 6.33. The molecule has 2 bridgehead atoms. The molecule has 1 amide bonds. The summed E-state index contributed by atoms with van der Waals surface area (Å²) in [7, 11) is 0. The third-order valence-corrected chi connectivity index (χ3v) is 6.45. The quantitative estimate of drug-likeness (QED) is 0.563. The zero-order chi connectivity index (χ0) is 22.4. The van der Waals surface area contributed by atoms with Crippen LogP contribution in [0.5, 0.6) is 0 Å². The Morgan fingerprint density at radius 3 is 2.91 bits per heavy atom. The highest BCUT2D eigenvalue weighted by atomic mass is 35.5. The maximum Gasteiger partial charge on any atom is 0.264 e. The Hall–Kier alpha value is -3.10. The predicted octanol–water partition coefficient (Wildman–Crippen LogP) is 3.54. The van der Waals surface area contributed by atoms with Gasteiger partial charge in [-0.05, 0) is 61.6 Å². The molecular weight excluding hydrogens is 433 g/mol. The molecule has 5 rings (SSSR count). The van der Waals surface area contributed by atoms with Crippen molar-refractivity contribution in [2.75, 3.05) is 5.32 Å². The number of piperidine rings is 1. The number of nitrogens with zero attached hydrogens (tertiary/aromatic N) is 2. The van der Waals surface area contributed by atoms with Crippen molar-refractivity contribution in [3.05, 3.63) is 74.7 Å². The number of anilines is 1. The van der Waals surface area contributed by atoms with Crippen LogP contribution < -0.4 is 16.2 Å². The van der Waals surface area contributed by atoms with Crippen molar-refractivity contribution in [1.29, 1.82) is 0 Å². The van der Waals surface area contributed by atoms with Crippen LogP contribution in [0.4, 0.5) is 10.1 Å². The number of hydrogen-bond donors (Lipinski definition) is 3. The van der Waals surface area contributed by atoms with Gasteiger partial charge in [0.2, 0.25) is 5.91 Å². The first-order valence-corrected chi connectivity index (χ1v) is 10.8. The summed E-state index contributed by atoms with van der Waals surface area (Å²) in [6.45, 7) is 1.85. The van der Waals surface area contributed by atoms with E-state index in [0.717, 1.165) is 22.5 Å². The lowest BCUT2D eigenvalue weighted by Gasteiger charge is -2.39. The Morgan fingerprint density at radius 1 is 1.25 bits per heavy atom. The minimum Gasteiger partial charge on any atom is -0.323 e. The molecule has 3 atom stereocenters. The zero-order valence-corrected chi connectivity index (χ0v) is 18.0. The van der Waals surface area contributed by atoms with Crippen LogP contribution in [0.15, 0.2) is 41.3 Å². The number of H-pyrrole nitrogens is 1. The van der Waals surface area contributed by atoms with Gasteiger partial charge in [0.05, 0.1) is 22.4 Å². The molecule has 164 valence electrons. The standard InChI is InChI=1S/C23H21ClFN5O2/c1-11-4-12(2-3-26-11)16-9-18(25)19(10-17(16)24)28-23(32)14-6-15-5-13-8-21(31)29-30-22(13)20(7-14)27-15/h2-4,8-10,14-15,20,27H,5-7H2,1H3,(H,28,32)(H,29,31). The molecule has 9 heteroatoms. The molecule has 7 nitrogen and oxygen atoms in total. The van der Waals surface area contributed by atoms with Crippen LogP contribution in [-0.2, 0) is 11.2 Å². The van der Waals surface area contributed by atoms with Gasteiger partial charge in [-0.3, -0.25) is 14.6 Å². The van der Waals surface area contributed by atoms with Gasteiger partial charge in [-0.1, -0.05) is 11.6 Å². The van der Waals surface area contributed by atoms with E-state index in [4.69, 9.17) is 11.6 Å². The zero-order valence-electron chi connectivity index (χ0n) is 17.3. The van der Waals surface area contributed by atoms with E-state index in [1.54, 1.807) is 18.3 Å². The normalized spacial score (nSPS) is 21.7. The number of carbonyl (C=O) groups excluding carboxylic acids is 1. The van der Waals surface area contributed by atoms with Crippen LogP contribution in [0.1, 0.15) is 35.8 Å². The molecule has 0 aliphatic carbocycles. The number of nitrogens with one attached hydrogen (secondary N) is 3. The minimum atomic E-state index is -0.550. The molecule has 0 spiro atoms. The molecule has 3 N–H and O–H groups in total. The average Bonchev–Trinajstić information content (AvgIpc) is 2.75. The number of aromatic amines is 1. The first kappa shape index (κ1) is 20.8. The van der Waals surface area contributed by atoms with Crippen molar-refractivity contribution in [3.8, 4) is 11.1 Å². The van der Waals surface area contributed by atoms with E-state index in [1.807, 2.05) is 13.0 Å². The van der Waals surface area contributed by atoms with Gasteiger partial charge in [-0.2, -0.15) is 5.10 Å². The van der Waals surface area contributed by atoms with Gasteiger partial charge in [0.25, 0.3) is 5.56 Å². The maximum atomic E-state index is 14.9. The molecule has 3 unspecified atom stereocenters. The van der Waals surface area contributed by atoms with Crippen molar-refractivity contribution in [1.82, 2.24) is 20.5 Å². The number of halogens is 2. The van der Waals surface area contributed by atoms with Crippen molar-refractivity contribution in [3.63, 3.8) is 0 Å². The van der Waals surface area contributed by atoms with Crippen molar-refractivity contribution in [2.24, 2.45) is 5.92 Å². The topological polar surface area (TPSA) is 99.8 Å². The van der Waals surface area contributed by atoms with Gasteiger partial charge >= 0.3 is 0 Å². The monoisotopic (exact) mass is 453 g/mol. The number of amides is 1. The summed E-state index contributed by atoms with van der Waals surface area (Å²) in [5.41, 5.74) is 3.62. The van der Waals surface area contributed by atoms with E-state index in [9.17, 15) is 14.0 Å². The summed E-state index contributed by atoms with van der Waals surface area (Å²) in [5, 5.41) is 13.2. The fourth-order valence-electron chi connectivity index (χ4n) is 4.69. The average molecular weight is 454 g/mol. The number of fused-ring (bicyclic) bond motifs is 4. The molecule has 1 saturated heterocycles. The molecule has 3 aromatic rings. The largest absolute Gasteiger partial charge is 0.323 e. The summed E-state index contributed by atoms with van der Waals surface area (Å²) in [5.74, 6) is -1.11. The summed E-state index contributed by atoms with van der Waals surface area (Å²) >= 11 is 6.42. The van der Waals surface area contributed by atoms with Crippen LogP contribution in [0.3, 0.4) is 0 Å². The number of pyridine rings is 1. The SMILES string of the molecule is Cc1cc(-c2cc(F)c(NC(=O)C3CC4Cc5cc(=O)[nH]nc5C(C3)N4)cc2Cl)ccn1. The van der Waals surface area contributed by atoms with E-state index in [-0.39, 0.29) is 35.2 Å². The Kier molecular flexibility index (Phi) is 5.27. The molecular formula is C23H21ClFN5O2. The van der Waals surface area contributed by atoms with Crippen molar-refractivity contribution >= 4 is 23.2 Å².